The van der Waals surface area contributed by atoms with E-state index in [1.807, 2.05) is 24.3 Å². The lowest BCUT2D eigenvalue weighted by Crippen LogP contribution is -2.07. The van der Waals surface area contributed by atoms with Crippen molar-refractivity contribution >= 4 is 5.78 Å². The molecule has 1 aromatic carbocycles. The number of allylic oxidation sites excluding steroid dienone is 2. The Morgan fingerprint density at radius 2 is 2.00 bits per heavy atom. The molecular weight excluding hydrogens is 172 g/mol. The third-order valence-electron chi connectivity index (χ3n) is 2.73. The molecule has 0 aliphatic heterocycles. The van der Waals surface area contributed by atoms with Gasteiger partial charge in [-0.2, -0.15) is 0 Å². The van der Waals surface area contributed by atoms with Gasteiger partial charge in [0.25, 0.3) is 0 Å². The van der Waals surface area contributed by atoms with Crippen LogP contribution < -0.4 is 0 Å². The van der Waals surface area contributed by atoms with Crippen LogP contribution in [0.25, 0.3) is 0 Å². The van der Waals surface area contributed by atoms with Gasteiger partial charge in [0.05, 0.1) is 0 Å². The highest BCUT2D eigenvalue weighted by atomic mass is 16.1. The van der Waals surface area contributed by atoms with E-state index >= 15 is 0 Å². The zero-order chi connectivity index (χ0) is 9.80. The van der Waals surface area contributed by atoms with Crippen molar-refractivity contribution in [1.29, 1.82) is 0 Å². The quantitative estimate of drug-likeness (QED) is 0.709. The molecule has 0 saturated carbocycles. The van der Waals surface area contributed by atoms with Crippen molar-refractivity contribution in [3.63, 3.8) is 0 Å². The Balaban J connectivity index is 1.86. The van der Waals surface area contributed by atoms with Crippen molar-refractivity contribution in [3.05, 3.63) is 48.0 Å². The molecule has 1 heteroatoms. The predicted octanol–water partition coefficient (Wildman–Crippen LogP) is 2.76. The summed E-state index contributed by atoms with van der Waals surface area (Å²) in [6, 6.07) is 10.3. The minimum atomic E-state index is 0.246. The second-order valence-electron chi connectivity index (χ2n) is 3.76. The van der Waals surface area contributed by atoms with Gasteiger partial charge in [0.15, 0.2) is 5.78 Å². The first-order valence-electron chi connectivity index (χ1n) is 5.10. The molecule has 0 aromatic heterocycles. The summed E-state index contributed by atoms with van der Waals surface area (Å²) in [6.07, 6.45) is 6.63. The fourth-order valence-corrected chi connectivity index (χ4v) is 1.85. The van der Waals surface area contributed by atoms with Gasteiger partial charge in [-0.3, -0.25) is 4.79 Å². The Hall–Kier alpha value is -1.37. The summed E-state index contributed by atoms with van der Waals surface area (Å²) < 4.78 is 0. The summed E-state index contributed by atoms with van der Waals surface area (Å²) in [5.74, 6) is 0.552. The smallest absolute Gasteiger partial charge is 0.158 e. The van der Waals surface area contributed by atoms with E-state index in [4.69, 9.17) is 0 Å². The maximum absolute atomic E-state index is 11.3. The molecule has 0 radical (unpaired) electrons. The van der Waals surface area contributed by atoms with Crippen molar-refractivity contribution in [3.8, 4) is 0 Å². The van der Waals surface area contributed by atoms with Crippen LogP contribution in [0.1, 0.15) is 18.4 Å². The third kappa shape index (κ3) is 2.11. The first-order chi connectivity index (χ1) is 6.86. The first-order valence-corrected chi connectivity index (χ1v) is 5.10. The van der Waals surface area contributed by atoms with E-state index < -0.39 is 0 Å². The zero-order valence-corrected chi connectivity index (χ0v) is 8.15. The molecule has 1 aromatic rings. The van der Waals surface area contributed by atoms with Crippen molar-refractivity contribution < 1.29 is 4.79 Å². The second-order valence-corrected chi connectivity index (χ2v) is 3.76. The summed E-state index contributed by atoms with van der Waals surface area (Å²) >= 11 is 0. The van der Waals surface area contributed by atoms with Gasteiger partial charge in [-0.25, -0.2) is 0 Å². The lowest BCUT2D eigenvalue weighted by molar-refractivity contribution is -0.117. The zero-order valence-electron chi connectivity index (χ0n) is 8.15. The predicted molar refractivity (Wildman–Crippen MR) is 57.0 cm³/mol. The maximum Gasteiger partial charge on any atom is 0.158 e. The van der Waals surface area contributed by atoms with Crippen LogP contribution in [0.4, 0.5) is 0 Å². The SMILES string of the molecule is O=C1C=CCC1CCc1ccccc1. The molecule has 0 bridgehead atoms. The normalized spacial score (nSPS) is 20.3. The number of ketones is 1. The van der Waals surface area contributed by atoms with E-state index in [0.717, 1.165) is 19.3 Å². The Morgan fingerprint density at radius 3 is 2.64 bits per heavy atom. The van der Waals surface area contributed by atoms with Crippen LogP contribution in [0.15, 0.2) is 42.5 Å². The monoisotopic (exact) mass is 186 g/mol. The minimum Gasteiger partial charge on any atom is -0.295 e. The molecule has 1 nitrogen and oxygen atoms in total. The Morgan fingerprint density at radius 1 is 1.21 bits per heavy atom. The fraction of sp³-hybridized carbons (Fsp3) is 0.308. The number of benzene rings is 1. The van der Waals surface area contributed by atoms with Gasteiger partial charge in [-0.15, -0.1) is 0 Å². The highest BCUT2D eigenvalue weighted by Crippen LogP contribution is 2.20. The molecule has 14 heavy (non-hydrogen) atoms. The molecule has 1 aliphatic rings. The van der Waals surface area contributed by atoms with Crippen LogP contribution >= 0.6 is 0 Å². The lowest BCUT2D eigenvalue weighted by Gasteiger charge is -2.07. The van der Waals surface area contributed by atoms with E-state index in [2.05, 4.69) is 12.1 Å². The van der Waals surface area contributed by atoms with Gasteiger partial charge >= 0.3 is 0 Å². The van der Waals surface area contributed by atoms with Gasteiger partial charge in [0.2, 0.25) is 0 Å². The average molecular weight is 186 g/mol. The van der Waals surface area contributed by atoms with Crippen LogP contribution in [-0.2, 0) is 11.2 Å². The summed E-state index contributed by atoms with van der Waals surface area (Å²) in [5.41, 5.74) is 1.33. The van der Waals surface area contributed by atoms with Gasteiger partial charge in [-0.1, -0.05) is 36.4 Å². The van der Waals surface area contributed by atoms with E-state index in [-0.39, 0.29) is 5.92 Å². The number of rotatable bonds is 3. The Bertz CT molecular complexity index is 338. The Kier molecular flexibility index (Phi) is 2.78. The highest BCUT2D eigenvalue weighted by Gasteiger charge is 2.18. The Labute approximate surface area is 84.5 Å². The van der Waals surface area contributed by atoms with E-state index in [1.54, 1.807) is 6.08 Å². The number of hydrogen-bond acceptors (Lipinski definition) is 1. The number of hydrogen-bond donors (Lipinski definition) is 0. The van der Waals surface area contributed by atoms with Gasteiger partial charge in [0, 0.05) is 5.92 Å². The fourth-order valence-electron chi connectivity index (χ4n) is 1.85. The van der Waals surface area contributed by atoms with Gasteiger partial charge < -0.3 is 0 Å². The molecule has 0 heterocycles. The first kappa shape index (κ1) is 9.20. The van der Waals surface area contributed by atoms with E-state index in [0.29, 0.717) is 5.78 Å². The summed E-state index contributed by atoms with van der Waals surface area (Å²) in [5, 5.41) is 0. The number of carbonyl (C=O) groups is 1. The van der Waals surface area contributed by atoms with Gasteiger partial charge in [-0.05, 0) is 30.9 Å². The second kappa shape index (κ2) is 4.23. The van der Waals surface area contributed by atoms with Crippen LogP contribution in [-0.4, -0.2) is 5.78 Å². The summed E-state index contributed by atoms with van der Waals surface area (Å²) in [4.78, 5) is 11.3. The summed E-state index contributed by atoms with van der Waals surface area (Å²) in [6.45, 7) is 0. The highest BCUT2D eigenvalue weighted by molar-refractivity contribution is 5.93. The van der Waals surface area contributed by atoms with E-state index in [9.17, 15) is 4.79 Å². The molecule has 0 saturated heterocycles. The van der Waals surface area contributed by atoms with Crippen LogP contribution in [0.2, 0.25) is 0 Å². The molecular formula is C13H14O. The number of carbonyl (C=O) groups excluding carboxylic acids is 1. The number of aryl methyl sites for hydroxylation is 1. The molecule has 72 valence electrons. The third-order valence-corrected chi connectivity index (χ3v) is 2.73. The molecule has 0 amide bonds. The van der Waals surface area contributed by atoms with Crippen LogP contribution in [0.5, 0.6) is 0 Å². The van der Waals surface area contributed by atoms with Crippen molar-refractivity contribution in [2.75, 3.05) is 0 Å². The molecule has 1 unspecified atom stereocenters. The lowest BCUT2D eigenvalue weighted by atomic mass is 9.97. The molecule has 0 N–H and O–H groups in total. The van der Waals surface area contributed by atoms with Crippen molar-refractivity contribution in [2.24, 2.45) is 5.92 Å². The molecule has 0 spiro atoms. The topological polar surface area (TPSA) is 17.1 Å². The molecule has 0 fully saturated rings. The molecule has 1 aliphatic carbocycles. The maximum atomic E-state index is 11.3. The largest absolute Gasteiger partial charge is 0.295 e. The van der Waals surface area contributed by atoms with Crippen LogP contribution in [0.3, 0.4) is 0 Å². The molecule has 1 atom stereocenters. The molecule has 2 rings (SSSR count). The van der Waals surface area contributed by atoms with Crippen molar-refractivity contribution in [1.82, 2.24) is 0 Å². The van der Waals surface area contributed by atoms with Crippen molar-refractivity contribution in [2.45, 2.75) is 19.3 Å². The summed E-state index contributed by atoms with van der Waals surface area (Å²) in [7, 11) is 0. The minimum absolute atomic E-state index is 0.246. The average Bonchev–Trinajstić information content (AvgIpc) is 2.63. The van der Waals surface area contributed by atoms with Gasteiger partial charge in [0.1, 0.15) is 0 Å². The van der Waals surface area contributed by atoms with Crippen LogP contribution in [0, 0.1) is 5.92 Å². The standard InChI is InChI=1S/C13H14O/c14-13-8-4-7-12(13)10-9-11-5-2-1-3-6-11/h1-6,8,12H,7,9-10H2. The van der Waals surface area contributed by atoms with E-state index in [1.165, 1.54) is 5.56 Å².